The van der Waals surface area contributed by atoms with Crippen LogP contribution in [0.1, 0.15) is 86.8 Å². The summed E-state index contributed by atoms with van der Waals surface area (Å²) < 4.78 is -0.0381. The second-order valence-electron chi connectivity index (χ2n) is 13.7. The molecule has 10 N–H and O–H groups in total. The molecule has 0 aliphatic heterocycles. The maximum absolute atomic E-state index is 12.0. The summed E-state index contributed by atoms with van der Waals surface area (Å²) in [4.78, 5) is 32.1. The number of hydrogen-bond donors (Lipinski definition) is 9. The molecule has 0 bridgehead atoms. The standard InChI is InChI=1S/C15H23NO3S2.C8H9NO4.C8H11NO2.C7H14O2S2/c1-15(2,21(3)20)5-4-14(19)16-13-7-11(9-17)6-12(8-13)10-18;10-4-6-1-7(5-11)3-8(2-6)9(12)13;9-8-2-6(4-10)1-7(3-8)5-11;1-7(2,11(3)10)5-4-6(8)9/h6-8,17-18H,4-5,9-10H2,1-3H3,(H,16,19);1-3,10-11H,4-5H2;1-3,10-11H,4-5,9H2;4-5H2,1-3H3,(H,8,9). The van der Waals surface area contributed by atoms with E-state index in [0.29, 0.717) is 46.5 Å². The van der Waals surface area contributed by atoms with Gasteiger partial charge >= 0.3 is 5.97 Å². The minimum Gasteiger partial charge on any atom is -0.481 e. The summed E-state index contributed by atoms with van der Waals surface area (Å²) in [6.07, 6.45) is 6.00. The number of amides is 1. The molecule has 0 saturated heterocycles. The Labute approximate surface area is 343 Å². The molecule has 0 radical (unpaired) electrons. The van der Waals surface area contributed by atoms with Crippen LogP contribution in [0.3, 0.4) is 0 Å². The number of aliphatic carboxylic acids is 1. The lowest BCUT2D eigenvalue weighted by Gasteiger charge is -2.24. The molecule has 0 fully saturated rings. The highest BCUT2D eigenvalue weighted by molar-refractivity contribution is 8.29. The molecule has 0 saturated carbocycles. The Morgan fingerprint density at radius 3 is 1.29 bits per heavy atom. The number of anilines is 2. The third kappa shape index (κ3) is 21.3. The Morgan fingerprint density at radius 1 is 0.661 bits per heavy atom. The largest absolute Gasteiger partial charge is 0.481 e. The Kier molecular flexibility index (Phi) is 25.0. The summed E-state index contributed by atoms with van der Waals surface area (Å²) in [5, 5.41) is 75.0. The van der Waals surface area contributed by atoms with Gasteiger partial charge in [0.1, 0.15) is 0 Å². The van der Waals surface area contributed by atoms with Gasteiger partial charge < -0.3 is 46.8 Å². The van der Waals surface area contributed by atoms with E-state index < -0.39 is 10.9 Å². The first-order chi connectivity index (χ1) is 26.1. The number of benzene rings is 3. The molecule has 0 heterocycles. The highest BCUT2D eigenvalue weighted by Gasteiger charge is 2.21. The average molecular weight is 860 g/mol. The lowest BCUT2D eigenvalue weighted by Crippen LogP contribution is -2.27. The smallest absolute Gasteiger partial charge is 0.303 e. The van der Waals surface area contributed by atoms with E-state index in [1.807, 2.05) is 26.4 Å². The molecule has 56 heavy (non-hydrogen) atoms. The SMILES string of the molecule is CS(=S)C(C)(C)CCC(=O)Nc1cc(CO)cc(CO)c1.CS(=S)C(C)(C)CCC(=O)O.Nc1cc(CO)cc(CO)c1.O=[N+]([O-])c1cc(CO)cc(CO)c1. The Balaban J connectivity index is 0.000000753. The van der Waals surface area contributed by atoms with E-state index in [9.17, 15) is 29.9 Å². The van der Waals surface area contributed by atoms with Crippen LogP contribution in [0.5, 0.6) is 0 Å². The first-order valence-electron chi connectivity index (χ1n) is 17.2. The van der Waals surface area contributed by atoms with Crippen molar-refractivity contribution in [2.45, 2.75) is 103 Å². The van der Waals surface area contributed by atoms with Gasteiger partial charge in [-0.2, -0.15) is 0 Å². The highest BCUT2D eigenvalue weighted by Crippen LogP contribution is 2.21. The van der Waals surface area contributed by atoms with Gasteiger partial charge in [-0.15, -0.1) is 18.9 Å². The minimum atomic E-state index is -0.737. The summed E-state index contributed by atoms with van der Waals surface area (Å²) in [5.41, 5.74) is 10.2. The molecule has 3 aromatic carbocycles. The molecule has 1 amide bonds. The molecule has 14 nitrogen and oxygen atoms in total. The minimum absolute atomic E-state index is 0.00623. The van der Waals surface area contributed by atoms with Gasteiger partial charge in [0, 0.05) is 45.8 Å². The summed E-state index contributed by atoms with van der Waals surface area (Å²) in [5.74, 6) is -0.818. The van der Waals surface area contributed by atoms with E-state index in [-0.39, 0.29) is 86.1 Å². The van der Waals surface area contributed by atoms with Crippen LogP contribution in [0.15, 0.2) is 54.6 Å². The first kappa shape index (κ1) is 52.7. The number of carboxylic acid groups (broad SMARTS) is 1. The van der Waals surface area contributed by atoms with Crippen LogP contribution in [-0.2, 0) is 90.5 Å². The maximum Gasteiger partial charge on any atom is 0.303 e. The number of nitrogen functional groups attached to an aromatic ring is 1. The fourth-order valence-electron chi connectivity index (χ4n) is 4.36. The molecule has 3 rings (SSSR count). The van der Waals surface area contributed by atoms with Gasteiger partial charge in [0.05, 0.1) is 44.6 Å². The van der Waals surface area contributed by atoms with Crippen LogP contribution in [0, 0.1) is 10.1 Å². The lowest BCUT2D eigenvalue weighted by atomic mass is 10.1. The number of nitro groups is 1. The van der Waals surface area contributed by atoms with E-state index >= 15 is 0 Å². The van der Waals surface area contributed by atoms with Crippen LogP contribution in [0.25, 0.3) is 0 Å². The third-order valence-corrected chi connectivity index (χ3v) is 14.4. The van der Waals surface area contributed by atoms with Crippen molar-refractivity contribution in [2.75, 3.05) is 23.6 Å². The number of nitrogens with one attached hydrogen (secondary N) is 1. The number of rotatable bonds is 16. The van der Waals surface area contributed by atoms with Crippen molar-refractivity contribution in [1.82, 2.24) is 0 Å². The van der Waals surface area contributed by atoms with E-state index in [1.165, 1.54) is 18.2 Å². The lowest BCUT2D eigenvalue weighted by molar-refractivity contribution is -0.385. The molecule has 0 spiro atoms. The second kappa shape index (κ2) is 26.6. The van der Waals surface area contributed by atoms with E-state index in [2.05, 4.69) is 19.2 Å². The van der Waals surface area contributed by atoms with Crippen molar-refractivity contribution >= 4 is 70.2 Å². The van der Waals surface area contributed by atoms with Crippen LogP contribution in [-0.4, -0.2) is 74.6 Å². The Hall–Kier alpha value is -3.30. The van der Waals surface area contributed by atoms with Gasteiger partial charge in [-0.1, -0.05) is 68.3 Å². The fraction of sp³-hybridized carbons (Fsp3) is 0.474. The maximum atomic E-state index is 12.0. The number of hydrogen-bond acceptors (Lipinski definition) is 13. The predicted octanol–water partition coefficient (Wildman–Crippen LogP) is 4.05. The number of carboxylic acids is 1. The van der Waals surface area contributed by atoms with Crippen molar-refractivity contribution in [3.05, 3.63) is 98.1 Å². The summed E-state index contributed by atoms with van der Waals surface area (Å²) in [6.45, 7) is 7.31. The number of carbonyl (C=O) groups is 2. The van der Waals surface area contributed by atoms with Crippen LogP contribution >= 0.6 is 0 Å². The molecule has 2 atom stereocenters. The van der Waals surface area contributed by atoms with Gasteiger partial charge in [-0.05, 0) is 83.0 Å². The average Bonchev–Trinajstić information content (AvgIpc) is 3.16. The summed E-state index contributed by atoms with van der Waals surface area (Å²) >= 11 is 10.4. The second-order valence-corrected chi connectivity index (χ2v) is 20.7. The molecular weight excluding hydrogens is 803 g/mol. The number of aliphatic hydroxyl groups is 6. The van der Waals surface area contributed by atoms with Crippen LogP contribution in [0.2, 0.25) is 0 Å². The highest BCUT2D eigenvalue weighted by atomic mass is 32.8. The zero-order chi connectivity index (χ0) is 43.2. The third-order valence-electron chi connectivity index (χ3n) is 8.21. The topological polar surface area (TPSA) is 257 Å². The van der Waals surface area contributed by atoms with E-state index in [0.717, 1.165) is 17.5 Å². The quantitative estimate of drug-likeness (QED) is 0.0560. The molecule has 0 aliphatic carbocycles. The number of nitrogens with two attached hydrogens (primary N) is 1. The van der Waals surface area contributed by atoms with E-state index in [1.54, 1.807) is 36.4 Å². The number of aliphatic hydroxyl groups excluding tert-OH is 6. The Bertz CT molecular complexity index is 1710. The zero-order valence-corrected chi connectivity index (χ0v) is 36.0. The number of nitrogens with zero attached hydrogens (tertiary/aromatic N) is 1. The zero-order valence-electron chi connectivity index (χ0n) is 32.7. The summed E-state index contributed by atoms with van der Waals surface area (Å²) in [7, 11) is -0.284. The number of nitro benzene ring substituents is 1. The fourth-order valence-corrected chi connectivity index (χ4v) is 5.63. The molecule has 3 aromatic rings. The van der Waals surface area contributed by atoms with Crippen molar-refractivity contribution in [3.8, 4) is 0 Å². The van der Waals surface area contributed by atoms with Crippen LogP contribution < -0.4 is 11.1 Å². The van der Waals surface area contributed by atoms with E-state index in [4.69, 9.17) is 53.6 Å². The number of carbonyl (C=O) groups excluding carboxylic acids is 1. The van der Waals surface area contributed by atoms with Gasteiger partial charge in [0.25, 0.3) is 5.69 Å². The van der Waals surface area contributed by atoms with Gasteiger partial charge in [0.2, 0.25) is 5.91 Å². The monoisotopic (exact) mass is 859 g/mol. The Morgan fingerprint density at radius 2 is 0.982 bits per heavy atom. The van der Waals surface area contributed by atoms with Crippen molar-refractivity contribution in [1.29, 1.82) is 0 Å². The normalized spacial score (nSPS) is 12.0. The summed E-state index contributed by atoms with van der Waals surface area (Å²) in [6, 6.07) is 14.3. The molecule has 314 valence electrons. The van der Waals surface area contributed by atoms with Crippen molar-refractivity contribution in [2.24, 2.45) is 0 Å². The van der Waals surface area contributed by atoms with Gasteiger partial charge in [0.15, 0.2) is 0 Å². The van der Waals surface area contributed by atoms with Crippen molar-refractivity contribution < 1.29 is 50.3 Å². The molecular formula is C38H57N3O11S4. The molecule has 2 unspecified atom stereocenters. The first-order valence-corrected chi connectivity index (χ1v) is 22.3. The molecule has 18 heteroatoms. The van der Waals surface area contributed by atoms with Crippen molar-refractivity contribution in [3.63, 3.8) is 0 Å². The van der Waals surface area contributed by atoms with Crippen LogP contribution in [0.4, 0.5) is 17.1 Å². The molecule has 0 aliphatic rings. The van der Waals surface area contributed by atoms with Gasteiger partial charge in [-0.3, -0.25) is 19.7 Å². The number of non-ortho nitro benzene ring substituents is 1. The van der Waals surface area contributed by atoms with Gasteiger partial charge in [-0.25, -0.2) is 0 Å². The molecule has 0 aromatic heterocycles. The predicted molar refractivity (Wildman–Crippen MR) is 230 cm³/mol.